The fourth-order valence-electron chi connectivity index (χ4n) is 2.25. The first-order valence-electron chi connectivity index (χ1n) is 6.55. The second kappa shape index (κ2) is 6.93. The Morgan fingerprint density at radius 1 is 1.06 bits per heavy atom. The van der Waals surface area contributed by atoms with Gasteiger partial charge in [0.05, 0.1) is 18.8 Å². The van der Waals surface area contributed by atoms with Gasteiger partial charge in [-0.05, 0) is 25.7 Å². The second-order valence-electron chi connectivity index (χ2n) is 4.71. The minimum absolute atomic E-state index is 0.0403. The van der Waals surface area contributed by atoms with Crippen LogP contribution in [0.2, 0.25) is 0 Å². The Hall–Kier alpha value is -0.650. The van der Waals surface area contributed by atoms with Crippen LogP contribution in [0.15, 0.2) is 0 Å². The molecular weight excluding hydrogens is 220 g/mol. The van der Waals surface area contributed by atoms with E-state index in [0.29, 0.717) is 19.2 Å². The van der Waals surface area contributed by atoms with Crippen molar-refractivity contribution in [2.24, 2.45) is 0 Å². The van der Waals surface area contributed by atoms with Crippen LogP contribution in [-0.4, -0.2) is 51.0 Å². The largest absolute Gasteiger partial charge is 0.377 e. The molecule has 5 nitrogen and oxygen atoms in total. The molecule has 0 spiro atoms. The summed E-state index contributed by atoms with van der Waals surface area (Å²) in [6.07, 6.45) is 4.92. The lowest BCUT2D eigenvalue weighted by molar-refractivity contribution is -0.120. The van der Waals surface area contributed by atoms with Gasteiger partial charge in [-0.1, -0.05) is 0 Å². The van der Waals surface area contributed by atoms with Crippen LogP contribution in [-0.2, 0) is 14.3 Å². The molecule has 0 radical (unpaired) electrons. The predicted molar refractivity (Wildman–Crippen MR) is 63.8 cm³/mol. The van der Waals surface area contributed by atoms with Crippen LogP contribution >= 0.6 is 0 Å². The maximum atomic E-state index is 11.5. The summed E-state index contributed by atoms with van der Waals surface area (Å²) in [4.78, 5) is 11.5. The molecule has 0 saturated carbocycles. The molecule has 2 fully saturated rings. The number of ether oxygens (including phenoxy) is 2. The standard InChI is InChI=1S/C12H22N2O3/c15-12(14-8-11-4-2-6-17-11)9-13-7-10-3-1-5-16-10/h10-11,13H,1-9H2,(H,14,15)/t10-,11-/m0/s1. The minimum Gasteiger partial charge on any atom is -0.377 e. The Balaban J connectivity index is 1.48. The molecule has 0 aromatic rings. The third kappa shape index (κ3) is 4.61. The fraction of sp³-hybridized carbons (Fsp3) is 0.917. The molecule has 2 saturated heterocycles. The van der Waals surface area contributed by atoms with E-state index in [0.717, 1.165) is 45.4 Å². The third-order valence-electron chi connectivity index (χ3n) is 3.23. The summed E-state index contributed by atoms with van der Waals surface area (Å²) in [5.41, 5.74) is 0. The third-order valence-corrected chi connectivity index (χ3v) is 3.23. The molecule has 0 bridgehead atoms. The van der Waals surface area contributed by atoms with E-state index in [9.17, 15) is 4.79 Å². The average molecular weight is 242 g/mol. The van der Waals surface area contributed by atoms with Gasteiger partial charge in [-0.25, -0.2) is 0 Å². The summed E-state index contributed by atoms with van der Waals surface area (Å²) < 4.78 is 10.9. The molecule has 5 heteroatoms. The second-order valence-corrected chi connectivity index (χ2v) is 4.71. The van der Waals surface area contributed by atoms with E-state index < -0.39 is 0 Å². The predicted octanol–water partition coefficient (Wildman–Crippen LogP) is 0.0502. The zero-order chi connectivity index (χ0) is 11.9. The van der Waals surface area contributed by atoms with E-state index in [1.807, 2.05) is 0 Å². The first kappa shape index (κ1) is 12.8. The molecule has 2 rings (SSSR count). The maximum Gasteiger partial charge on any atom is 0.234 e. The van der Waals surface area contributed by atoms with Crippen LogP contribution in [0.4, 0.5) is 0 Å². The van der Waals surface area contributed by atoms with Crippen LogP contribution in [0.25, 0.3) is 0 Å². The van der Waals surface area contributed by atoms with Crippen molar-refractivity contribution in [3.05, 3.63) is 0 Å². The van der Waals surface area contributed by atoms with Crippen LogP contribution in [0, 0.1) is 0 Å². The average Bonchev–Trinajstić information content (AvgIpc) is 2.99. The Kier molecular flexibility index (Phi) is 5.22. The zero-order valence-electron chi connectivity index (χ0n) is 10.2. The van der Waals surface area contributed by atoms with Crippen molar-refractivity contribution in [3.63, 3.8) is 0 Å². The van der Waals surface area contributed by atoms with Gasteiger partial charge in [-0.3, -0.25) is 4.79 Å². The van der Waals surface area contributed by atoms with Crippen LogP contribution < -0.4 is 10.6 Å². The molecule has 0 aromatic carbocycles. The lowest BCUT2D eigenvalue weighted by Crippen LogP contribution is -2.40. The number of hydrogen-bond donors (Lipinski definition) is 2. The summed E-state index contributed by atoms with van der Waals surface area (Å²) in [6.45, 7) is 3.47. The molecule has 2 N–H and O–H groups in total. The highest BCUT2D eigenvalue weighted by atomic mass is 16.5. The molecule has 17 heavy (non-hydrogen) atoms. The van der Waals surface area contributed by atoms with Crippen LogP contribution in [0.1, 0.15) is 25.7 Å². The SMILES string of the molecule is O=C(CNC[C@@H]1CCCO1)NC[C@@H]1CCCO1. The number of carbonyl (C=O) groups is 1. The van der Waals surface area contributed by atoms with E-state index in [4.69, 9.17) is 9.47 Å². The van der Waals surface area contributed by atoms with Gasteiger partial charge in [0.2, 0.25) is 5.91 Å². The lowest BCUT2D eigenvalue weighted by Gasteiger charge is -2.12. The molecule has 2 heterocycles. The summed E-state index contributed by atoms with van der Waals surface area (Å²) in [5.74, 6) is 0.0403. The molecule has 0 aromatic heterocycles. The van der Waals surface area contributed by atoms with Crippen molar-refractivity contribution in [2.75, 3.05) is 32.8 Å². The van der Waals surface area contributed by atoms with Crippen LogP contribution in [0.3, 0.4) is 0 Å². The fourth-order valence-corrected chi connectivity index (χ4v) is 2.25. The number of amides is 1. The summed E-state index contributed by atoms with van der Waals surface area (Å²) >= 11 is 0. The Labute approximate surface area is 102 Å². The van der Waals surface area contributed by atoms with E-state index in [2.05, 4.69) is 10.6 Å². The van der Waals surface area contributed by atoms with Crippen LogP contribution in [0.5, 0.6) is 0 Å². The zero-order valence-corrected chi connectivity index (χ0v) is 10.2. The van der Waals surface area contributed by atoms with Gasteiger partial charge in [0.25, 0.3) is 0 Å². The molecule has 2 atom stereocenters. The van der Waals surface area contributed by atoms with Gasteiger partial charge in [0, 0.05) is 26.3 Å². The van der Waals surface area contributed by atoms with Gasteiger partial charge in [0.15, 0.2) is 0 Å². The highest BCUT2D eigenvalue weighted by Gasteiger charge is 2.17. The van der Waals surface area contributed by atoms with Crippen molar-refractivity contribution in [2.45, 2.75) is 37.9 Å². The molecule has 98 valence electrons. The van der Waals surface area contributed by atoms with E-state index in [1.54, 1.807) is 0 Å². The first-order valence-corrected chi connectivity index (χ1v) is 6.55. The summed E-state index contributed by atoms with van der Waals surface area (Å²) in [5, 5.41) is 6.01. The monoisotopic (exact) mass is 242 g/mol. The van der Waals surface area contributed by atoms with Gasteiger partial charge in [0.1, 0.15) is 0 Å². The molecule has 2 aliphatic heterocycles. The number of carbonyl (C=O) groups excluding carboxylic acids is 1. The van der Waals surface area contributed by atoms with Gasteiger partial charge >= 0.3 is 0 Å². The van der Waals surface area contributed by atoms with Crippen molar-refractivity contribution in [1.82, 2.24) is 10.6 Å². The van der Waals surface area contributed by atoms with Gasteiger partial charge in [-0.2, -0.15) is 0 Å². The topological polar surface area (TPSA) is 59.6 Å². The molecule has 2 aliphatic rings. The van der Waals surface area contributed by atoms with Crippen molar-refractivity contribution < 1.29 is 14.3 Å². The van der Waals surface area contributed by atoms with Crippen molar-refractivity contribution >= 4 is 5.91 Å². The Bertz CT molecular complexity index is 236. The molecule has 1 amide bonds. The van der Waals surface area contributed by atoms with Crippen molar-refractivity contribution in [1.29, 1.82) is 0 Å². The number of nitrogens with one attached hydrogen (secondary N) is 2. The van der Waals surface area contributed by atoms with Gasteiger partial charge < -0.3 is 20.1 Å². The van der Waals surface area contributed by atoms with E-state index in [-0.39, 0.29) is 12.0 Å². The quantitative estimate of drug-likeness (QED) is 0.691. The smallest absolute Gasteiger partial charge is 0.234 e. The van der Waals surface area contributed by atoms with Gasteiger partial charge in [-0.15, -0.1) is 0 Å². The molecule has 0 aliphatic carbocycles. The molecule has 0 unspecified atom stereocenters. The highest BCUT2D eigenvalue weighted by Crippen LogP contribution is 2.11. The normalized spacial score (nSPS) is 28.5. The van der Waals surface area contributed by atoms with Crippen molar-refractivity contribution in [3.8, 4) is 0 Å². The lowest BCUT2D eigenvalue weighted by atomic mass is 10.2. The number of rotatable bonds is 6. The summed E-state index contributed by atoms with van der Waals surface area (Å²) in [6, 6.07) is 0. The molecular formula is C12H22N2O3. The minimum atomic E-state index is 0.0403. The number of hydrogen-bond acceptors (Lipinski definition) is 4. The first-order chi connectivity index (χ1) is 8.34. The maximum absolute atomic E-state index is 11.5. The Morgan fingerprint density at radius 2 is 1.71 bits per heavy atom. The Morgan fingerprint density at radius 3 is 2.29 bits per heavy atom. The van der Waals surface area contributed by atoms with E-state index in [1.165, 1.54) is 0 Å². The highest BCUT2D eigenvalue weighted by molar-refractivity contribution is 5.77. The van der Waals surface area contributed by atoms with E-state index >= 15 is 0 Å². The summed E-state index contributed by atoms with van der Waals surface area (Å²) in [7, 11) is 0.